The quantitative estimate of drug-likeness (QED) is 0.112. The first-order valence-corrected chi connectivity index (χ1v) is 12.8. The predicted molar refractivity (Wildman–Crippen MR) is 153 cm³/mol. The number of hydrogen-bond donors (Lipinski definition) is 3. The van der Waals surface area contributed by atoms with Crippen LogP contribution < -0.4 is 10.6 Å². The maximum atomic E-state index is 13.5. The van der Waals surface area contributed by atoms with Gasteiger partial charge in [-0.05, 0) is 81.4 Å². The van der Waals surface area contributed by atoms with Gasteiger partial charge in [0.05, 0.1) is 24.3 Å². The SMILES string of the molecule is CCOC(=O)c1ccc(NC(=O)C(=Cc2c(C)[nH]c3ccccc23)C(=O)Nc2ccc(C(=O)OCC)cc2)cc1. The molecule has 3 aromatic carbocycles. The Hall–Kier alpha value is -5.18. The Bertz CT molecular complexity index is 1510. The zero-order valence-corrected chi connectivity index (χ0v) is 22.4. The average Bonchev–Trinajstić information content (AvgIpc) is 3.27. The minimum absolute atomic E-state index is 0.142. The molecule has 0 saturated heterocycles. The fraction of sp³-hybridized carbons (Fsp3) is 0.161. The standard InChI is InChI=1S/C31H29N3O6/c1-4-39-30(37)20-10-14-22(15-11-20)33-28(35)26(18-25-19(3)32-27-9-7-6-8-24(25)27)29(36)34-23-16-12-21(13-17-23)31(38)40-5-2/h6-18,32H,4-5H2,1-3H3,(H,33,35)(H,34,36). The molecule has 0 radical (unpaired) electrons. The number of nitrogens with one attached hydrogen (secondary N) is 3. The molecule has 4 aromatic rings. The van der Waals surface area contributed by atoms with Crippen LogP contribution in [0.3, 0.4) is 0 Å². The van der Waals surface area contributed by atoms with E-state index in [-0.39, 0.29) is 18.8 Å². The minimum Gasteiger partial charge on any atom is -0.462 e. The van der Waals surface area contributed by atoms with Crippen LogP contribution in [0.15, 0.2) is 78.4 Å². The summed E-state index contributed by atoms with van der Waals surface area (Å²) in [5.41, 5.74) is 3.69. The fourth-order valence-electron chi connectivity index (χ4n) is 4.07. The second-order valence-electron chi connectivity index (χ2n) is 8.77. The van der Waals surface area contributed by atoms with Crippen molar-refractivity contribution in [3.8, 4) is 0 Å². The minimum atomic E-state index is -0.644. The zero-order chi connectivity index (χ0) is 28.6. The summed E-state index contributed by atoms with van der Waals surface area (Å²) in [6.45, 7) is 5.80. The molecule has 0 spiro atoms. The van der Waals surface area contributed by atoms with E-state index in [1.807, 2.05) is 31.2 Å². The van der Waals surface area contributed by atoms with Crippen molar-refractivity contribution in [1.82, 2.24) is 4.98 Å². The Morgan fingerprint density at radius 3 is 1.68 bits per heavy atom. The molecule has 2 amide bonds. The number of fused-ring (bicyclic) bond motifs is 1. The van der Waals surface area contributed by atoms with Crippen molar-refractivity contribution < 1.29 is 28.7 Å². The molecule has 204 valence electrons. The lowest BCUT2D eigenvalue weighted by atomic mass is 10.1. The Morgan fingerprint density at radius 1 is 0.725 bits per heavy atom. The molecule has 0 aliphatic rings. The number of carbonyl (C=O) groups excluding carboxylic acids is 4. The molecule has 0 bridgehead atoms. The molecule has 9 nitrogen and oxygen atoms in total. The van der Waals surface area contributed by atoms with Gasteiger partial charge in [-0.25, -0.2) is 9.59 Å². The van der Waals surface area contributed by atoms with Crippen molar-refractivity contribution in [3.05, 3.63) is 101 Å². The van der Waals surface area contributed by atoms with E-state index in [0.29, 0.717) is 28.1 Å². The van der Waals surface area contributed by atoms with Crippen molar-refractivity contribution in [2.45, 2.75) is 20.8 Å². The summed E-state index contributed by atoms with van der Waals surface area (Å²) in [6.07, 6.45) is 1.54. The lowest BCUT2D eigenvalue weighted by molar-refractivity contribution is -0.118. The Kier molecular flexibility index (Phi) is 8.75. The van der Waals surface area contributed by atoms with Gasteiger partial charge in [0, 0.05) is 33.5 Å². The molecule has 0 fully saturated rings. The number of esters is 2. The van der Waals surface area contributed by atoms with Gasteiger partial charge < -0.3 is 25.1 Å². The maximum absolute atomic E-state index is 13.5. The highest BCUT2D eigenvalue weighted by Crippen LogP contribution is 2.25. The summed E-state index contributed by atoms with van der Waals surface area (Å²) >= 11 is 0. The van der Waals surface area contributed by atoms with Gasteiger partial charge >= 0.3 is 11.9 Å². The zero-order valence-electron chi connectivity index (χ0n) is 22.4. The average molecular weight is 540 g/mol. The van der Waals surface area contributed by atoms with Gasteiger partial charge in [-0.3, -0.25) is 9.59 Å². The Labute approximate surface area is 231 Å². The van der Waals surface area contributed by atoms with E-state index in [2.05, 4.69) is 15.6 Å². The second kappa shape index (κ2) is 12.6. The number of carbonyl (C=O) groups is 4. The van der Waals surface area contributed by atoms with Crippen molar-refractivity contribution in [1.29, 1.82) is 0 Å². The molecule has 40 heavy (non-hydrogen) atoms. The first-order chi connectivity index (χ1) is 19.3. The van der Waals surface area contributed by atoms with E-state index in [9.17, 15) is 19.2 Å². The van der Waals surface area contributed by atoms with Crippen LogP contribution in [0.4, 0.5) is 11.4 Å². The van der Waals surface area contributed by atoms with E-state index in [1.165, 1.54) is 24.3 Å². The molecular weight excluding hydrogens is 510 g/mol. The number of rotatable bonds is 9. The smallest absolute Gasteiger partial charge is 0.338 e. The second-order valence-corrected chi connectivity index (χ2v) is 8.77. The number of hydrogen-bond acceptors (Lipinski definition) is 6. The van der Waals surface area contributed by atoms with Gasteiger partial charge in [0.2, 0.25) is 0 Å². The number of aromatic nitrogens is 1. The molecule has 0 aliphatic carbocycles. The summed E-state index contributed by atoms with van der Waals surface area (Å²) in [5, 5.41) is 6.32. The third-order valence-electron chi connectivity index (χ3n) is 6.03. The number of anilines is 2. The molecule has 0 aliphatic heterocycles. The van der Waals surface area contributed by atoms with E-state index in [0.717, 1.165) is 16.6 Å². The van der Waals surface area contributed by atoms with Gasteiger partial charge in [-0.2, -0.15) is 0 Å². The summed E-state index contributed by atoms with van der Waals surface area (Å²) in [7, 11) is 0. The topological polar surface area (TPSA) is 127 Å². The number of benzene rings is 3. The summed E-state index contributed by atoms with van der Waals surface area (Å²) in [6, 6.07) is 20.0. The van der Waals surface area contributed by atoms with Crippen molar-refractivity contribution >= 4 is 52.1 Å². The van der Waals surface area contributed by atoms with Crippen LogP contribution >= 0.6 is 0 Å². The predicted octanol–water partition coefficient (Wildman–Crippen LogP) is 5.49. The van der Waals surface area contributed by atoms with Crippen LogP contribution in [0.5, 0.6) is 0 Å². The van der Waals surface area contributed by atoms with Crippen molar-refractivity contribution in [3.63, 3.8) is 0 Å². The van der Waals surface area contributed by atoms with Gasteiger partial charge in [-0.1, -0.05) is 18.2 Å². The van der Waals surface area contributed by atoms with E-state index in [4.69, 9.17) is 9.47 Å². The molecular formula is C31H29N3O6. The Morgan fingerprint density at radius 2 is 1.20 bits per heavy atom. The van der Waals surface area contributed by atoms with Crippen LogP contribution in [0.1, 0.15) is 45.8 Å². The highest BCUT2D eigenvalue weighted by molar-refractivity contribution is 6.29. The van der Waals surface area contributed by atoms with Crippen LogP contribution in [-0.2, 0) is 19.1 Å². The number of ether oxygens (including phenoxy) is 2. The van der Waals surface area contributed by atoms with Gasteiger partial charge in [0.25, 0.3) is 11.8 Å². The van der Waals surface area contributed by atoms with Crippen LogP contribution in [0, 0.1) is 6.92 Å². The number of amides is 2. The number of aromatic amines is 1. The van der Waals surface area contributed by atoms with Crippen LogP contribution in [0.25, 0.3) is 17.0 Å². The van der Waals surface area contributed by atoms with Gasteiger partial charge in [0.1, 0.15) is 5.57 Å². The molecule has 0 atom stereocenters. The number of para-hydroxylation sites is 1. The Balaban J connectivity index is 1.63. The third-order valence-corrected chi connectivity index (χ3v) is 6.03. The van der Waals surface area contributed by atoms with Crippen molar-refractivity contribution in [2.75, 3.05) is 23.8 Å². The lowest BCUT2D eigenvalue weighted by Crippen LogP contribution is -2.25. The molecule has 1 heterocycles. The molecule has 4 rings (SSSR count). The molecule has 0 unspecified atom stereocenters. The van der Waals surface area contributed by atoms with Gasteiger partial charge in [-0.15, -0.1) is 0 Å². The lowest BCUT2D eigenvalue weighted by Gasteiger charge is -2.11. The fourth-order valence-corrected chi connectivity index (χ4v) is 4.07. The molecule has 3 N–H and O–H groups in total. The maximum Gasteiger partial charge on any atom is 0.338 e. The van der Waals surface area contributed by atoms with Crippen molar-refractivity contribution in [2.24, 2.45) is 0 Å². The van der Waals surface area contributed by atoms with Crippen LogP contribution in [-0.4, -0.2) is 42.0 Å². The third kappa shape index (κ3) is 6.44. The first-order valence-electron chi connectivity index (χ1n) is 12.8. The molecule has 9 heteroatoms. The molecule has 1 aromatic heterocycles. The normalized spacial score (nSPS) is 10.5. The van der Waals surface area contributed by atoms with Crippen LogP contribution in [0.2, 0.25) is 0 Å². The summed E-state index contributed by atoms with van der Waals surface area (Å²) in [4.78, 5) is 54.1. The van der Waals surface area contributed by atoms with Gasteiger partial charge in [0.15, 0.2) is 0 Å². The largest absolute Gasteiger partial charge is 0.462 e. The highest BCUT2D eigenvalue weighted by atomic mass is 16.5. The van der Waals surface area contributed by atoms with E-state index in [1.54, 1.807) is 44.2 Å². The summed E-state index contributed by atoms with van der Waals surface area (Å²) < 4.78 is 9.99. The highest BCUT2D eigenvalue weighted by Gasteiger charge is 2.21. The monoisotopic (exact) mass is 539 g/mol. The molecule has 0 saturated carbocycles. The number of aryl methyl sites for hydroxylation is 1. The summed E-state index contributed by atoms with van der Waals surface area (Å²) in [5.74, 6) is -2.23. The first kappa shape index (κ1) is 27.8. The van der Waals surface area contributed by atoms with E-state index >= 15 is 0 Å². The van der Waals surface area contributed by atoms with E-state index < -0.39 is 23.8 Å². The number of H-pyrrole nitrogens is 1.